The van der Waals surface area contributed by atoms with Gasteiger partial charge in [-0.05, 0) is 71.6 Å². The summed E-state index contributed by atoms with van der Waals surface area (Å²) in [6.45, 7) is 10.2. The number of carbonyl (C=O) groups excluding carboxylic acids is 3. The molecular formula is C21H28FNO5. The number of imide groups is 1. The number of hydrogen-bond donors (Lipinski definition) is 0. The SMILES string of the molecule is CC(C)(C)OC(=O)[C@H]1C[C@@H](c2ccc(F)cc2)CC(=O)N1C(=O)OC(C)(C)C. The Kier molecular flexibility index (Phi) is 6.16. The lowest BCUT2D eigenvalue weighted by atomic mass is 9.85. The zero-order valence-electron chi connectivity index (χ0n) is 17.2. The van der Waals surface area contributed by atoms with Crippen LogP contribution in [-0.2, 0) is 19.1 Å². The van der Waals surface area contributed by atoms with Gasteiger partial charge in [-0.25, -0.2) is 18.9 Å². The van der Waals surface area contributed by atoms with Gasteiger partial charge >= 0.3 is 12.1 Å². The standard InChI is InChI=1S/C21H28FNO5/c1-20(2,3)27-18(25)16-11-14(13-7-9-15(22)10-8-13)12-17(24)23(16)19(26)28-21(4,5)6/h7-10,14,16H,11-12H2,1-6H3/t14-,16-/m1/s1. The van der Waals surface area contributed by atoms with Crippen molar-refractivity contribution in [1.29, 1.82) is 0 Å². The summed E-state index contributed by atoms with van der Waals surface area (Å²) in [5, 5.41) is 0. The molecular weight excluding hydrogens is 365 g/mol. The van der Waals surface area contributed by atoms with Gasteiger partial charge in [0.05, 0.1) is 0 Å². The molecule has 1 heterocycles. The van der Waals surface area contributed by atoms with E-state index in [4.69, 9.17) is 9.47 Å². The number of esters is 1. The molecule has 1 aromatic rings. The van der Waals surface area contributed by atoms with Crippen LogP contribution < -0.4 is 0 Å². The number of carbonyl (C=O) groups is 3. The molecule has 154 valence electrons. The van der Waals surface area contributed by atoms with E-state index in [0.717, 1.165) is 10.5 Å². The summed E-state index contributed by atoms with van der Waals surface area (Å²) >= 11 is 0. The highest BCUT2D eigenvalue weighted by molar-refractivity contribution is 5.98. The Morgan fingerprint density at radius 3 is 2.04 bits per heavy atom. The third-order valence-corrected chi connectivity index (χ3v) is 4.12. The Hall–Kier alpha value is -2.44. The maximum absolute atomic E-state index is 13.2. The second-order valence-corrected chi connectivity index (χ2v) is 8.98. The Labute approximate surface area is 165 Å². The van der Waals surface area contributed by atoms with Gasteiger partial charge in [-0.2, -0.15) is 0 Å². The van der Waals surface area contributed by atoms with Crippen LogP contribution in [0.3, 0.4) is 0 Å². The van der Waals surface area contributed by atoms with Crippen LogP contribution in [0.15, 0.2) is 24.3 Å². The summed E-state index contributed by atoms with van der Waals surface area (Å²) in [6.07, 6.45) is -0.665. The van der Waals surface area contributed by atoms with Crippen molar-refractivity contribution in [2.75, 3.05) is 0 Å². The van der Waals surface area contributed by atoms with Crippen molar-refractivity contribution in [3.8, 4) is 0 Å². The first-order valence-electron chi connectivity index (χ1n) is 9.30. The molecule has 0 radical (unpaired) electrons. The van der Waals surface area contributed by atoms with E-state index in [1.165, 1.54) is 12.1 Å². The molecule has 0 N–H and O–H groups in total. The van der Waals surface area contributed by atoms with Crippen LogP contribution in [0.5, 0.6) is 0 Å². The van der Waals surface area contributed by atoms with E-state index in [9.17, 15) is 18.8 Å². The van der Waals surface area contributed by atoms with Crippen molar-refractivity contribution in [2.24, 2.45) is 0 Å². The molecule has 0 saturated carbocycles. The van der Waals surface area contributed by atoms with Gasteiger partial charge in [-0.1, -0.05) is 12.1 Å². The molecule has 0 aliphatic carbocycles. The van der Waals surface area contributed by atoms with Crippen molar-refractivity contribution >= 4 is 18.0 Å². The van der Waals surface area contributed by atoms with Gasteiger partial charge in [0.25, 0.3) is 0 Å². The number of amides is 2. The summed E-state index contributed by atoms with van der Waals surface area (Å²) < 4.78 is 24.0. The molecule has 6 nitrogen and oxygen atoms in total. The highest BCUT2D eigenvalue weighted by atomic mass is 19.1. The minimum absolute atomic E-state index is 0.0180. The molecule has 2 amide bonds. The summed E-state index contributed by atoms with van der Waals surface area (Å²) in [5.74, 6) is -1.90. The van der Waals surface area contributed by atoms with E-state index in [-0.39, 0.29) is 24.6 Å². The molecule has 0 unspecified atom stereocenters. The summed E-state index contributed by atoms with van der Waals surface area (Å²) in [7, 11) is 0. The molecule has 1 fully saturated rings. The largest absolute Gasteiger partial charge is 0.458 e. The number of nitrogens with zero attached hydrogens (tertiary/aromatic N) is 1. The second kappa shape index (κ2) is 7.89. The fourth-order valence-electron chi connectivity index (χ4n) is 3.04. The molecule has 28 heavy (non-hydrogen) atoms. The smallest absolute Gasteiger partial charge is 0.417 e. The fourth-order valence-corrected chi connectivity index (χ4v) is 3.04. The molecule has 1 aromatic carbocycles. The molecule has 2 rings (SSSR count). The van der Waals surface area contributed by atoms with Gasteiger partial charge in [0, 0.05) is 6.42 Å². The van der Waals surface area contributed by atoms with Crippen LogP contribution >= 0.6 is 0 Å². The van der Waals surface area contributed by atoms with Gasteiger partial charge in [0.2, 0.25) is 5.91 Å². The first-order chi connectivity index (χ1) is 12.8. The van der Waals surface area contributed by atoms with E-state index in [0.29, 0.717) is 0 Å². The molecule has 0 aromatic heterocycles. The molecule has 1 saturated heterocycles. The van der Waals surface area contributed by atoms with Crippen molar-refractivity contribution < 1.29 is 28.2 Å². The van der Waals surface area contributed by atoms with Gasteiger partial charge < -0.3 is 9.47 Å². The summed E-state index contributed by atoms with van der Waals surface area (Å²) in [5.41, 5.74) is -0.862. The van der Waals surface area contributed by atoms with Crippen LogP contribution in [0, 0.1) is 5.82 Å². The predicted molar refractivity (Wildman–Crippen MR) is 101 cm³/mol. The normalized spacial score (nSPS) is 20.7. The van der Waals surface area contributed by atoms with Crippen LogP contribution in [0.4, 0.5) is 9.18 Å². The number of benzene rings is 1. The van der Waals surface area contributed by atoms with Gasteiger partial charge in [0.1, 0.15) is 23.1 Å². The van der Waals surface area contributed by atoms with Crippen molar-refractivity contribution in [3.05, 3.63) is 35.6 Å². The topological polar surface area (TPSA) is 72.9 Å². The summed E-state index contributed by atoms with van der Waals surface area (Å²) in [6, 6.07) is 4.68. The maximum atomic E-state index is 13.2. The van der Waals surface area contributed by atoms with Crippen molar-refractivity contribution in [1.82, 2.24) is 4.90 Å². The summed E-state index contributed by atoms with van der Waals surface area (Å²) in [4.78, 5) is 39.1. The lowest BCUT2D eigenvalue weighted by Crippen LogP contribution is -2.55. The number of likely N-dealkylation sites (tertiary alicyclic amines) is 1. The molecule has 2 atom stereocenters. The number of rotatable bonds is 2. The van der Waals surface area contributed by atoms with E-state index in [1.807, 2.05) is 0 Å². The Bertz CT molecular complexity index is 746. The van der Waals surface area contributed by atoms with Gasteiger partial charge in [-0.15, -0.1) is 0 Å². The quantitative estimate of drug-likeness (QED) is 0.705. The zero-order valence-corrected chi connectivity index (χ0v) is 17.2. The first kappa shape index (κ1) is 21.9. The fraction of sp³-hybridized carbons (Fsp3) is 0.571. The number of halogens is 1. The van der Waals surface area contributed by atoms with E-state index in [2.05, 4.69) is 0 Å². The lowest BCUT2D eigenvalue weighted by Gasteiger charge is -2.38. The third kappa shape index (κ3) is 5.78. The monoisotopic (exact) mass is 393 g/mol. The van der Waals surface area contributed by atoms with Crippen LogP contribution in [0.25, 0.3) is 0 Å². The molecule has 1 aliphatic rings. The molecule has 7 heteroatoms. The number of ether oxygens (including phenoxy) is 2. The number of piperidine rings is 1. The van der Waals surface area contributed by atoms with Crippen LogP contribution in [0.1, 0.15) is 65.9 Å². The van der Waals surface area contributed by atoms with E-state index in [1.54, 1.807) is 53.7 Å². The Morgan fingerprint density at radius 2 is 1.54 bits per heavy atom. The van der Waals surface area contributed by atoms with E-state index >= 15 is 0 Å². The van der Waals surface area contributed by atoms with Gasteiger partial charge in [0.15, 0.2) is 0 Å². The average Bonchev–Trinajstić information content (AvgIpc) is 2.51. The van der Waals surface area contributed by atoms with Crippen molar-refractivity contribution in [3.63, 3.8) is 0 Å². The highest BCUT2D eigenvalue weighted by Gasteiger charge is 2.45. The second-order valence-electron chi connectivity index (χ2n) is 8.98. The zero-order chi connectivity index (χ0) is 21.3. The molecule has 0 bridgehead atoms. The Balaban J connectivity index is 2.33. The van der Waals surface area contributed by atoms with Crippen LogP contribution in [0.2, 0.25) is 0 Å². The van der Waals surface area contributed by atoms with Gasteiger partial charge in [-0.3, -0.25) is 4.79 Å². The lowest BCUT2D eigenvalue weighted by molar-refractivity contribution is -0.166. The number of hydrogen-bond acceptors (Lipinski definition) is 5. The predicted octanol–water partition coefficient (Wildman–Crippen LogP) is 4.18. The highest BCUT2D eigenvalue weighted by Crippen LogP contribution is 2.34. The Morgan fingerprint density at radius 1 is 1.00 bits per heavy atom. The first-order valence-corrected chi connectivity index (χ1v) is 9.30. The maximum Gasteiger partial charge on any atom is 0.417 e. The van der Waals surface area contributed by atoms with Crippen molar-refractivity contribution in [2.45, 2.75) is 77.5 Å². The molecule has 0 spiro atoms. The van der Waals surface area contributed by atoms with E-state index < -0.39 is 35.2 Å². The third-order valence-electron chi connectivity index (χ3n) is 4.12. The minimum atomic E-state index is -1.11. The minimum Gasteiger partial charge on any atom is -0.458 e. The molecule has 1 aliphatic heterocycles. The van der Waals surface area contributed by atoms with Crippen LogP contribution in [-0.4, -0.2) is 40.1 Å². The average molecular weight is 393 g/mol.